The van der Waals surface area contributed by atoms with Crippen molar-refractivity contribution < 1.29 is 9.84 Å². The molecule has 0 unspecified atom stereocenters. The molecule has 0 saturated carbocycles. The summed E-state index contributed by atoms with van der Waals surface area (Å²) in [7, 11) is 0. The van der Waals surface area contributed by atoms with Crippen molar-refractivity contribution in [2.45, 2.75) is 31.5 Å². The molecule has 3 N–H and O–H groups in total. The number of hydrogen-bond donors (Lipinski definition) is 2. The van der Waals surface area contributed by atoms with E-state index in [1.807, 2.05) is 35.1 Å². The lowest BCUT2D eigenvalue weighted by molar-refractivity contribution is 0.0283. The van der Waals surface area contributed by atoms with Gasteiger partial charge in [0.05, 0.1) is 41.2 Å². The van der Waals surface area contributed by atoms with E-state index in [0.29, 0.717) is 36.5 Å². The Morgan fingerprint density at radius 1 is 1.26 bits per heavy atom. The average Bonchev–Trinajstić information content (AvgIpc) is 3.44. The number of pyridine rings is 2. The molecule has 1 aliphatic heterocycles. The number of anilines is 1. The standard InChI is InChI=1S/C24H26N8O2/c1-23(2,33)16-34-19-8-20(22-18(9-25)11-29-32(22)12-19)17-4-5-21(27-10-17)30-13-24(26,14-30)15-31-7-3-6-28-31/h3-8,10-12,33H,13-16,26H2,1-2H3. The number of fused-ring (bicyclic) bond motifs is 1. The monoisotopic (exact) mass is 458 g/mol. The first kappa shape index (κ1) is 21.9. The number of nitrogens with zero attached hydrogens (tertiary/aromatic N) is 7. The van der Waals surface area contributed by atoms with Crippen LogP contribution < -0.4 is 15.4 Å². The van der Waals surface area contributed by atoms with Gasteiger partial charge in [-0.1, -0.05) is 0 Å². The smallest absolute Gasteiger partial charge is 0.138 e. The molecule has 0 atom stereocenters. The fourth-order valence-electron chi connectivity index (χ4n) is 4.16. The van der Waals surface area contributed by atoms with Crippen LogP contribution in [-0.4, -0.2) is 60.3 Å². The fraction of sp³-hybridized carbons (Fsp3) is 0.333. The number of rotatable bonds is 7. The summed E-state index contributed by atoms with van der Waals surface area (Å²) in [4.78, 5) is 6.79. The van der Waals surface area contributed by atoms with Gasteiger partial charge in [-0.15, -0.1) is 0 Å². The Hall–Kier alpha value is -3.94. The Labute approximate surface area is 196 Å². The largest absolute Gasteiger partial charge is 0.489 e. The van der Waals surface area contributed by atoms with Crippen LogP contribution in [0, 0.1) is 11.3 Å². The highest BCUT2D eigenvalue weighted by molar-refractivity contribution is 5.85. The molecule has 4 aromatic rings. The number of nitrogens with two attached hydrogens (primary N) is 1. The number of aromatic nitrogens is 5. The molecule has 0 bridgehead atoms. The van der Waals surface area contributed by atoms with Crippen LogP contribution in [-0.2, 0) is 6.54 Å². The normalized spacial score (nSPS) is 15.2. The van der Waals surface area contributed by atoms with Crippen LogP contribution in [0.25, 0.3) is 16.6 Å². The molecular formula is C24H26N8O2. The average molecular weight is 459 g/mol. The summed E-state index contributed by atoms with van der Waals surface area (Å²) < 4.78 is 9.27. The maximum atomic E-state index is 10.0. The third-order valence-electron chi connectivity index (χ3n) is 5.73. The van der Waals surface area contributed by atoms with Gasteiger partial charge in [-0.25, -0.2) is 9.50 Å². The van der Waals surface area contributed by atoms with Gasteiger partial charge >= 0.3 is 0 Å². The number of nitriles is 1. The van der Waals surface area contributed by atoms with Crippen LogP contribution in [0.1, 0.15) is 19.4 Å². The van der Waals surface area contributed by atoms with E-state index < -0.39 is 5.60 Å². The van der Waals surface area contributed by atoms with E-state index in [-0.39, 0.29) is 12.1 Å². The topological polar surface area (TPSA) is 131 Å². The van der Waals surface area contributed by atoms with Crippen molar-refractivity contribution in [2.24, 2.45) is 5.73 Å². The van der Waals surface area contributed by atoms with Gasteiger partial charge in [-0.05, 0) is 38.1 Å². The number of hydrogen-bond acceptors (Lipinski definition) is 8. The Balaban J connectivity index is 1.39. The summed E-state index contributed by atoms with van der Waals surface area (Å²) in [6.07, 6.45) is 8.67. The molecular weight excluding hydrogens is 432 g/mol. The molecule has 10 nitrogen and oxygen atoms in total. The van der Waals surface area contributed by atoms with Gasteiger partial charge in [-0.3, -0.25) is 4.68 Å². The van der Waals surface area contributed by atoms with Crippen molar-refractivity contribution in [1.29, 1.82) is 5.26 Å². The molecule has 0 radical (unpaired) electrons. The number of ether oxygens (including phenoxy) is 1. The molecule has 34 heavy (non-hydrogen) atoms. The maximum Gasteiger partial charge on any atom is 0.138 e. The van der Waals surface area contributed by atoms with Crippen LogP contribution in [0.4, 0.5) is 5.82 Å². The SMILES string of the molecule is CC(C)(O)COc1cc(-c2ccc(N3CC(N)(Cn4cccn4)C3)nc2)c2c(C#N)cnn2c1. The summed E-state index contributed by atoms with van der Waals surface area (Å²) in [6, 6.07) is 9.85. The molecule has 1 fully saturated rings. The van der Waals surface area contributed by atoms with E-state index in [9.17, 15) is 10.4 Å². The third-order valence-corrected chi connectivity index (χ3v) is 5.73. The highest BCUT2D eigenvalue weighted by Crippen LogP contribution is 2.33. The van der Waals surface area contributed by atoms with Crippen molar-refractivity contribution in [2.75, 3.05) is 24.6 Å². The van der Waals surface area contributed by atoms with Gasteiger partial charge in [0, 0.05) is 42.8 Å². The van der Waals surface area contributed by atoms with Gasteiger partial charge < -0.3 is 20.5 Å². The van der Waals surface area contributed by atoms with Gasteiger partial charge in [0.25, 0.3) is 0 Å². The second kappa shape index (κ2) is 8.13. The first-order chi connectivity index (χ1) is 16.2. The lowest BCUT2D eigenvalue weighted by atomic mass is 9.91. The van der Waals surface area contributed by atoms with Gasteiger partial charge in [0.15, 0.2) is 0 Å². The molecule has 1 saturated heterocycles. The molecule has 0 amide bonds. The van der Waals surface area contributed by atoms with E-state index in [1.165, 1.54) is 6.20 Å². The third kappa shape index (κ3) is 4.31. The van der Waals surface area contributed by atoms with Crippen LogP contribution in [0.5, 0.6) is 5.75 Å². The minimum Gasteiger partial charge on any atom is -0.489 e. The lowest BCUT2D eigenvalue weighted by Gasteiger charge is -2.48. The van der Waals surface area contributed by atoms with Crippen molar-refractivity contribution in [1.82, 2.24) is 24.4 Å². The first-order valence-electron chi connectivity index (χ1n) is 11.0. The van der Waals surface area contributed by atoms with Crippen LogP contribution in [0.3, 0.4) is 0 Å². The van der Waals surface area contributed by atoms with Crippen LogP contribution >= 0.6 is 0 Å². The molecule has 0 aromatic carbocycles. The predicted molar refractivity (Wildman–Crippen MR) is 126 cm³/mol. The summed E-state index contributed by atoms with van der Waals surface area (Å²) in [5.41, 5.74) is 7.92. The van der Waals surface area contributed by atoms with Crippen molar-refractivity contribution >= 4 is 11.3 Å². The van der Waals surface area contributed by atoms with Crippen LogP contribution in [0.15, 0.2) is 55.2 Å². The van der Waals surface area contributed by atoms with Crippen molar-refractivity contribution in [3.05, 3.63) is 60.8 Å². The predicted octanol–water partition coefficient (Wildman–Crippen LogP) is 1.83. The Bertz CT molecular complexity index is 1340. The van der Waals surface area contributed by atoms with Gasteiger partial charge in [-0.2, -0.15) is 15.5 Å². The van der Waals surface area contributed by atoms with Crippen molar-refractivity contribution in [3.8, 4) is 22.9 Å². The molecule has 4 aromatic heterocycles. The minimum atomic E-state index is -0.979. The van der Waals surface area contributed by atoms with E-state index in [4.69, 9.17) is 10.5 Å². The minimum absolute atomic E-state index is 0.121. The summed E-state index contributed by atoms with van der Waals surface area (Å²) in [5, 5.41) is 28.1. The lowest BCUT2D eigenvalue weighted by Crippen LogP contribution is -2.69. The van der Waals surface area contributed by atoms with Crippen molar-refractivity contribution in [3.63, 3.8) is 0 Å². The Kier molecular flexibility index (Phi) is 5.23. The highest BCUT2D eigenvalue weighted by Gasteiger charge is 2.40. The highest BCUT2D eigenvalue weighted by atomic mass is 16.5. The van der Waals surface area contributed by atoms with E-state index in [2.05, 4.69) is 26.2 Å². The molecule has 174 valence electrons. The zero-order valence-corrected chi connectivity index (χ0v) is 19.1. The summed E-state index contributed by atoms with van der Waals surface area (Å²) in [6.45, 7) is 5.50. The Morgan fingerprint density at radius 2 is 2.09 bits per heavy atom. The zero-order valence-electron chi connectivity index (χ0n) is 19.1. The molecule has 1 aliphatic rings. The maximum absolute atomic E-state index is 10.0. The van der Waals surface area contributed by atoms with E-state index >= 15 is 0 Å². The molecule has 0 spiro atoms. The molecule has 0 aliphatic carbocycles. The molecule has 5 rings (SSSR count). The summed E-state index contributed by atoms with van der Waals surface area (Å²) in [5.74, 6) is 1.38. The van der Waals surface area contributed by atoms with Crippen LogP contribution in [0.2, 0.25) is 0 Å². The van der Waals surface area contributed by atoms with E-state index in [0.717, 1.165) is 16.9 Å². The Morgan fingerprint density at radius 3 is 2.74 bits per heavy atom. The second-order valence-corrected chi connectivity index (χ2v) is 9.48. The first-order valence-corrected chi connectivity index (χ1v) is 11.0. The second-order valence-electron chi connectivity index (χ2n) is 9.48. The molecule has 10 heteroatoms. The number of aliphatic hydroxyl groups is 1. The van der Waals surface area contributed by atoms with Gasteiger partial charge in [0.2, 0.25) is 0 Å². The van der Waals surface area contributed by atoms with E-state index in [1.54, 1.807) is 37.0 Å². The van der Waals surface area contributed by atoms with Gasteiger partial charge in [0.1, 0.15) is 24.2 Å². The quantitative estimate of drug-likeness (QED) is 0.429. The zero-order chi connectivity index (χ0) is 23.9. The fourth-order valence-corrected chi connectivity index (χ4v) is 4.16. The summed E-state index contributed by atoms with van der Waals surface area (Å²) >= 11 is 0. The molecule has 5 heterocycles.